The molecule has 4 rings (SSSR count). The number of rotatable bonds is 5. The second-order valence-corrected chi connectivity index (χ2v) is 10.3. The molecule has 1 saturated heterocycles. The number of nitrogens with zero attached hydrogens (tertiary/aromatic N) is 4. The zero-order valence-electron chi connectivity index (χ0n) is 17.4. The molecule has 3 aromatic rings. The van der Waals surface area contributed by atoms with E-state index in [0.29, 0.717) is 18.7 Å². The number of benzene rings is 1. The number of aromatic nitrogens is 3. The topological polar surface area (TPSA) is 97.2 Å². The lowest BCUT2D eigenvalue weighted by Crippen LogP contribution is -2.41. The van der Waals surface area contributed by atoms with E-state index >= 15 is 0 Å². The van der Waals surface area contributed by atoms with E-state index in [-0.39, 0.29) is 40.4 Å². The number of halogens is 2. The van der Waals surface area contributed by atoms with Gasteiger partial charge in [-0.15, -0.1) is 11.3 Å². The third-order valence-corrected chi connectivity index (χ3v) is 8.00. The van der Waals surface area contributed by atoms with Crippen LogP contribution in [0.4, 0.5) is 13.9 Å². The second kappa shape index (κ2) is 8.68. The Morgan fingerprint density at radius 1 is 1.19 bits per heavy atom. The van der Waals surface area contributed by atoms with Gasteiger partial charge in [0.05, 0.1) is 11.3 Å². The Kier molecular flexibility index (Phi) is 6.10. The van der Waals surface area contributed by atoms with Crippen LogP contribution in [-0.4, -0.2) is 46.3 Å². The summed E-state index contributed by atoms with van der Waals surface area (Å²) in [5, 5.41) is 4.37. The highest BCUT2D eigenvalue weighted by Crippen LogP contribution is 2.30. The Morgan fingerprint density at radius 3 is 2.44 bits per heavy atom. The minimum absolute atomic E-state index is 0.00362. The normalized spacial score (nSPS) is 15.8. The van der Waals surface area contributed by atoms with Crippen molar-refractivity contribution in [3.8, 4) is 11.3 Å². The van der Waals surface area contributed by atoms with Gasteiger partial charge in [0, 0.05) is 37.6 Å². The first-order valence-electron chi connectivity index (χ1n) is 9.87. The number of sulfonamides is 1. The summed E-state index contributed by atoms with van der Waals surface area (Å²) in [5.41, 5.74) is -0.139. The summed E-state index contributed by atoms with van der Waals surface area (Å²) in [6.45, 7) is 2.11. The Bertz CT molecular complexity index is 1220. The van der Waals surface area contributed by atoms with Crippen molar-refractivity contribution >= 4 is 32.4 Å². The van der Waals surface area contributed by atoms with Crippen molar-refractivity contribution in [2.45, 2.75) is 24.8 Å². The molecule has 8 nitrogen and oxygen atoms in total. The maximum Gasteiger partial charge on any atom is 0.262 e. The van der Waals surface area contributed by atoms with Gasteiger partial charge in [-0.25, -0.2) is 27.2 Å². The molecule has 0 radical (unpaired) electrons. The number of anilines is 1. The third kappa shape index (κ3) is 4.30. The number of nitrogens with one attached hydrogen (secondary N) is 1. The summed E-state index contributed by atoms with van der Waals surface area (Å²) in [6, 6.07) is 3.55. The van der Waals surface area contributed by atoms with Crippen LogP contribution < -0.4 is 5.32 Å². The van der Waals surface area contributed by atoms with Crippen LogP contribution in [0.15, 0.2) is 34.8 Å². The highest BCUT2D eigenvalue weighted by atomic mass is 32.2. The molecule has 0 atom stereocenters. The maximum absolute atomic E-state index is 14.0. The van der Waals surface area contributed by atoms with E-state index in [4.69, 9.17) is 0 Å². The van der Waals surface area contributed by atoms with Crippen LogP contribution >= 0.6 is 11.3 Å². The molecule has 12 heteroatoms. The summed E-state index contributed by atoms with van der Waals surface area (Å²) < 4.78 is 56.5. The number of imidazole rings is 1. The van der Waals surface area contributed by atoms with Crippen molar-refractivity contribution in [3.63, 3.8) is 0 Å². The van der Waals surface area contributed by atoms with E-state index in [2.05, 4.69) is 15.3 Å². The fraction of sp³-hybridized carbons (Fsp3) is 0.350. The average Bonchev–Trinajstić information content (AvgIpc) is 3.34. The third-order valence-electron chi connectivity index (χ3n) is 5.47. The molecule has 1 N–H and O–H groups in total. The van der Waals surface area contributed by atoms with Crippen LogP contribution in [0, 0.1) is 24.5 Å². The zero-order chi connectivity index (χ0) is 23.0. The van der Waals surface area contributed by atoms with Crippen LogP contribution in [0.5, 0.6) is 0 Å². The summed E-state index contributed by atoms with van der Waals surface area (Å²) >= 11 is 1.07. The first-order valence-corrected chi connectivity index (χ1v) is 12.2. The molecule has 0 unspecified atom stereocenters. The zero-order valence-corrected chi connectivity index (χ0v) is 19.0. The highest BCUT2D eigenvalue weighted by Gasteiger charge is 2.33. The first-order chi connectivity index (χ1) is 15.2. The molecule has 0 saturated carbocycles. The summed E-state index contributed by atoms with van der Waals surface area (Å²) in [5.74, 6) is -1.57. The molecule has 1 aliphatic heterocycles. The van der Waals surface area contributed by atoms with E-state index in [1.165, 1.54) is 21.9 Å². The van der Waals surface area contributed by atoms with Gasteiger partial charge in [-0.2, -0.15) is 4.31 Å². The predicted octanol–water partition coefficient (Wildman–Crippen LogP) is 3.17. The maximum atomic E-state index is 14.0. The lowest BCUT2D eigenvalue weighted by atomic mass is 9.97. The fourth-order valence-electron chi connectivity index (χ4n) is 3.54. The molecule has 170 valence electrons. The van der Waals surface area contributed by atoms with Crippen LogP contribution in [-0.2, 0) is 21.9 Å². The number of carbonyl (C=O) groups excluding carboxylic acids is 1. The van der Waals surface area contributed by atoms with Crippen molar-refractivity contribution in [1.29, 1.82) is 0 Å². The summed E-state index contributed by atoms with van der Waals surface area (Å²) in [7, 11) is -1.99. The molecular formula is C20H21F2N5O3S2. The standard InChI is InChI=1S/C20H21F2N5O3S2/c1-12-23-17(10-26(12)2)32(29,30)27-8-6-13(7-9-27)19(28)25-20-24-16(11-31-20)18-14(21)4-3-5-15(18)22/h3-5,10-11,13H,6-9H2,1-2H3,(H,24,25,28). The molecular weight excluding hydrogens is 460 g/mol. The number of amides is 1. The molecule has 0 aliphatic carbocycles. The Hall–Kier alpha value is -2.70. The lowest BCUT2D eigenvalue weighted by molar-refractivity contribution is -0.120. The van der Waals surface area contributed by atoms with Gasteiger partial charge in [0.15, 0.2) is 10.2 Å². The molecule has 3 heterocycles. The number of hydrogen-bond donors (Lipinski definition) is 1. The van der Waals surface area contributed by atoms with E-state index in [1.807, 2.05) is 0 Å². The van der Waals surface area contributed by atoms with E-state index < -0.39 is 27.6 Å². The van der Waals surface area contributed by atoms with E-state index in [0.717, 1.165) is 23.5 Å². The number of thiazole rings is 1. The van der Waals surface area contributed by atoms with Crippen molar-refractivity contribution in [2.75, 3.05) is 18.4 Å². The van der Waals surface area contributed by atoms with Gasteiger partial charge in [-0.05, 0) is 31.9 Å². The number of hydrogen-bond acceptors (Lipinski definition) is 6. The fourth-order valence-corrected chi connectivity index (χ4v) is 5.74. The van der Waals surface area contributed by atoms with Gasteiger partial charge in [-0.3, -0.25) is 4.79 Å². The summed E-state index contributed by atoms with van der Waals surface area (Å²) in [6.07, 6.45) is 2.16. The molecule has 1 fully saturated rings. The summed E-state index contributed by atoms with van der Waals surface area (Å²) in [4.78, 5) is 20.9. The van der Waals surface area contributed by atoms with Gasteiger partial charge in [-0.1, -0.05) is 6.07 Å². The van der Waals surface area contributed by atoms with Crippen molar-refractivity contribution < 1.29 is 22.0 Å². The van der Waals surface area contributed by atoms with Crippen molar-refractivity contribution in [2.24, 2.45) is 13.0 Å². The first kappa shape index (κ1) is 22.5. The largest absolute Gasteiger partial charge is 0.337 e. The molecule has 1 aromatic carbocycles. The smallest absolute Gasteiger partial charge is 0.262 e. The SMILES string of the molecule is Cc1nc(S(=O)(=O)N2CCC(C(=O)Nc3nc(-c4c(F)cccc4F)cs3)CC2)cn1C. The molecule has 32 heavy (non-hydrogen) atoms. The highest BCUT2D eigenvalue weighted by molar-refractivity contribution is 7.89. The van der Waals surface area contributed by atoms with Crippen molar-refractivity contribution in [1.82, 2.24) is 18.8 Å². The quantitative estimate of drug-likeness (QED) is 0.604. The minimum Gasteiger partial charge on any atom is -0.337 e. The van der Waals surface area contributed by atoms with E-state index in [9.17, 15) is 22.0 Å². The number of carbonyl (C=O) groups is 1. The van der Waals surface area contributed by atoms with Crippen LogP contribution in [0.3, 0.4) is 0 Å². The van der Waals surface area contributed by atoms with Gasteiger partial charge >= 0.3 is 0 Å². The molecule has 1 amide bonds. The van der Waals surface area contributed by atoms with Crippen molar-refractivity contribution in [3.05, 3.63) is 47.2 Å². The molecule has 2 aromatic heterocycles. The lowest BCUT2D eigenvalue weighted by Gasteiger charge is -2.29. The molecule has 1 aliphatic rings. The minimum atomic E-state index is -3.72. The van der Waals surface area contributed by atoms with Crippen LogP contribution in [0.2, 0.25) is 0 Å². The molecule has 0 bridgehead atoms. The van der Waals surface area contributed by atoms with Gasteiger partial charge in [0.2, 0.25) is 5.91 Å². The number of piperidine rings is 1. The van der Waals surface area contributed by atoms with Gasteiger partial charge in [0.1, 0.15) is 17.5 Å². The Morgan fingerprint density at radius 2 is 1.84 bits per heavy atom. The van der Waals surface area contributed by atoms with Gasteiger partial charge in [0.25, 0.3) is 10.0 Å². The van der Waals surface area contributed by atoms with Crippen LogP contribution in [0.1, 0.15) is 18.7 Å². The Labute approximate surface area is 188 Å². The van der Waals surface area contributed by atoms with Crippen LogP contribution in [0.25, 0.3) is 11.3 Å². The van der Waals surface area contributed by atoms with E-state index in [1.54, 1.807) is 18.5 Å². The monoisotopic (exact) mass is 481 g/mol. The predicted molar refractivity (Wildman–Crippen MR) is 116 cm³/mol. The molecule has 0 spiro atoms. The average molecular weight is 482 g/mol. The second-order valence-electron chi connectivity index (χ2n) is 7.54. The van der Waals surface area contributed by atoms with Gasteiger partial charge < -0.3 is 9.88 Å². The Balaban J connectivity index is 1.39. The number of aryl methyl sites for hydroxylation is 2.